The Labute approximate surface area is 392 Å². The molecule has 0 N–H and O–H groups in total. The van der Waals surface area contributed by atoms with E-state index in [-0.39, 0.29) is 0 Å². The van der Waals surface area contributed by atoms with Gasteiger partial charge in [0, 0.05) is 55.0 Å². The quantitative estimate of drug-likeness (QED) is 0.152. The largest absolute Gasteiger partial charge is 0.307 e. The summed E-state index contributed by atoms with van der Waals surface area (Å²) in [6.07, 6.45) is 0. The van der Waals surface area contributed by atoms with E-state index in [0.717, 1.165) is 94.1 Å². The van der Waals surface area contributed by atoms with Crippen LogP contribution in [0.25, 0.3) is 123 Å². The van der Waals surface area contributed by atoms with Crippen LogP contribution in [0.1, 0.15) is 0 Å². The summed E-state index contributed by atoms with van der Waals surface area (Å²) in [5.41, 5.74) is 13.9. The van der Waals surface area contributed by atoms with Crippen molar-refractivity contribution >= 4 is 43.6 Å². The standard InChI is InChI=1S/C61H39N7/c1-5-18-40(19-6-1)41-32-34-43(35-33-41)53-39-52(42-20-7-2-8-21-42)62-60(63-53)46-26-17-27-47(38-46)67-54-30-15-13-28-48(54)50-36-37-51-49-29-14-16-31-55(49)68(57(51)56(50)67)61-65-58(44-22-9-3-10-23-44)64-59(66-61)45-24-11-4-12-25-45/h1-39H. The molecule has 4 heterocycles. The molecule has 68 heavy (non-hydrogen) atoms. The number of fused-ring (bicyclic) bond motifs is 7. The fourth-order valence-corrected chi connectivity index (χ4v) is 9.60. The molecule has 0 unspecified atom stereocenters. The highest BCUT2D eigenvalue weighted by atomic mass is 15.2. The van der Waals surface area contributed by atoms with Gasteiger partial charge in [-0.3, -0.25) is 4.57 Å². The van der Waals surface area contributed by atoms with Gasteiger partial charge in [-0.25, -0.2) is 15.0 Å². The summed E-state index contributed by atoms with van der Waals surface area (Å²) in [7, 11) is 0. The molecule has 0 atom stereocenters. The Hall–Kier alpha value is -9.33. The molecule has 0 spiro atoms. The number of hydrogen-bond donors (Lipinski definition) is 0. The Morgan fingerprint density at radius 3 is 1.24 bits per heavy atom. The van der Waals surface area contributed by atoms with Crippen LogP contribution >= 0.6 is 0 Å². The molecule has 0 radical (unpaired) electrons. The van der Waals surface area contributed by atoms with E-state index in [4.69, 9.17) is 24.9 Å². The van der Waals surface area contributed by atoms with Gasteiger partial charge in [0.1, 0.15) is 0 Å². The average molecular weight is 870 g/mol. The molecule has 13 aromatic rings. The third kappa shape index (κ3) is 6.72. The third-order valence-electron chi connectivity index (χ3n) is 12.8. The first-order valence-corrected chi connectivity index (χ1v) is 22.8. The van der Waals surface area contributed by atoms with Crippen LogP contribution in [-0.2, 0) is 0 Å². The van der Waals surface area contributed by atoms with Crippen molar-refractivity contribution in [1.29, 1.82) is 0 Å². The summed E-state index contributed by atoms with van der Waals surface area (Å²) in [4.78, 5) is 26.2. The smallest absolute Gasteiger partial charge is 0.238 e. The first kappa shape index (κ1) is 39.1. The maximum absolute atomic E-state index is 5.30. The van der Waals surface area contributed by atoms with Crippen molar-refractivity contribution in [3.05, 3.63) is 237 Å². The lowest BCUT2D eigenvalue weighted by Crippen LogP contribution is -2.07. The zero-order valence-electron chi connectivity index (χ0n) is 36.6. The zero-order chi connectivity index (χ0) is 45.0. The topological polar surface area (TPSA) is 74.3 Å². The van der Waals surface area contributed by atoms with Crippen LogP contribution < -0.4 is 0 Å². The molecule has 318 valence electrons. The highest BCUT2D eigenvalue weighted by Gasteiger charge is 2.24. The van der Waals surface area contributed by atoms with E-state index in [0.29, 0.717) is 23.4 Å². The van der Waals surface area contributed by atoms with Gasteiger partial charge >= 0.3 is 0 Å². The Morgan fingerprint density at radius 2 is 0.662 bits per heavy atom. The van der Waals surface area contributed by atoms with Crippen LogP contribution in [0.2, 0.25) is 0 Å². The van der Waals surface area contributed by atoms with E-state index in [1.807, 2.05) is 72.8 Å². The Kier molecular flexibility index (Phi) is 9.35. The molecule has 0 saturated heterocycles. The molecule has 7 heteroatoms. The monoisotopic (exact) mass is 869 g/mol. The second-order valence-electron chi connectivity index (χ2n) is 16.9. The summed E-state index contributed by atoms with van der Waals surface area (Å²) in [5.74, 6) is 2.38. The number of benzene rings is 9. The van der Waals surface area contributed by atoms with Crippen LogP contribution in [-0.4, -0.2) is 34.1 Å². The molecular formula is C61H39N7. The first-order chi connectivity index (χ1) is 33.7. The van der Waals surface area contributed by atoms with Crippen molar-refractivity contribution < 1.29 is 0 Å². The van der Waals surface area contributed by atoms with Gasteiger partial charge in [0.15, 0.2) is 17.5 Å². The number of nitrogens with zero attached hydrogens (tertiary/aromatic N) is 7. The van der Waals surface area contributed by atoms with Crippen molar-refractivity contribution in [2.45, 2.75) is 0 Å². The first-order valence-electron chi connectivity index (χ1n) is 22.8. The van der Waals surface area contributed by atoms with Gasteiger partial charge in [0.05, 0.1) is 33.5 Å². The van der Waals surface area contributed by atoms with Gasteiger partial charge in [-0.2, -0.15) is 9.97 Å². The van der Waals surface area contributed by atoms with Gasteiger partial charge in [0.2, 0.25) is 5.95 Å². The van der Waals surface area contributed by atoms with Gasteiger partial charge in [-0.15, -0.1) is 0 Å². The normalized spacial score (nSPS) is 11.5. The SMILES string of the molecule is c1ccc(-c2ccc(-c3cc(-c4ccccc4)nc(-c4cccc(-n5c6ccccc6c6ccc7c8ccccc8n(-c8nc(-c9ccccc9)nc(-c9ccccc9)n8)c7c65)c4)n3)cc2)cc1. The maximum atomic E-state index is 5.30. The lowest BCUT2D eigenvalue weighted by atomic mass is 10.0. The van der Waals surface area contributed by atoms with Crippen LogP contribution in [0, 0.1) is 0 Å². The van der Waals surface area contributed by atoms with E-state index >= 15 is 0 Å². The van der Waals surface area contributed by atoms with Gasteiger partial charge < -0.3 is 4.57 Å². The molecule has 0 bridgehead atoms. The van der Waals surface area contributed by atoms with E-state index in [9.17, 15) is 0 Å². The molecule has 0 aliphatic carbocycles. The van der Waals surface area contributed by atoms with E-state index in [1.165, 1.54) is 5.56 Å². The van der Waals surface area contributed by atoms with Crippen LogP contribution in [0.3, 0.4) is 0 Å². The minimum absolute atomic E-state index is 0.539. The van der Waals surface area contributed by atoms with E-state index in [2.05, 4.69) is 173 Å². The van der Waals surface area contributed by atoms with E-state index < -0.39 is 0 Å². The third-order valence-corrected chi connectivity index (χ3v) is 12.8. The number of para-hydroxylation sites is 2. The van der Waals surface area contributed by atoms with Crippen LogP contribution in [0.4, 0.5) is 0 Å². The summed E-state index contributed by atoms with van der Waals surface area (Å²) >= 11 is 0. The van der Waals surface area contributed by atoms with Gasteiger partial charge in [-0.05, 0) is 41.5 Å². The molecule has 0 aliphatic heterocycles. The van der Waals surface area contributed by atoms with E-state index in [1.54, 1.807) is 0 Å². The number of hydrogen-bond acceptors (Lipinski definition) is 5. The second-order valence-corrected chi connectivity index (χ2v) is 16.9. The molecule has 13 rings (SSSR count). The fourth-order valence-electron chi connectivity index (χ4n) is 9.60. The van der Waals surface area contributed by atoms with Crippen molar-refractivity contribution in [2.75, 3.05) is 0 Å². The maximum Gasteiger partial charge on any atom is 0.238 e. The summed E-state index contributed by atoms with van der Waals surface area (Å²) in [6, 6.07) is 82.1. The van der Waals surface area contributed by atoms with Crippen LogP contribution in [0.15, 0.2) is 237 Å². The highest BCUT2D eigenvalue weighted by Crippen LogP contribution is 2.42. The molecular weight excluding hydrogens is 831 g/mol. The average Bonchev–Trinajstić information content (AvgIpc) is 3.95. The second kappa shape index (κ2) is 16.3. The Bertz CT molecular complexity index is 3940. The molecule has 4 aromatic heterocycles. The fraction of sp³-hybridized carbons (Fsp3) is 0. The minimum atomic E-state index is 0.539. The molecule has 7 nitrogen and oxygen atoms in total. The summed E-state index contributed by atoms with van der Waals surface area (Å²) < 4.78 is 4.61. The van der Waals surface area contributed by atoms with Gasteiger partial charge in [-0.1, -0.05) is 206 Å². The summed E-state index contributed by atoms with van der Waals surface area (Å²) in [5, 5.41) is 4.46. The molecule has 9 aromatic carbocycles. The predicted molar refractivity (Wildman–Crippen MR) is 277 cm³/mol. The Morgan fingerprint density at radius 1 is 0.250 bits per heavy atom. The lowest BCUT2D eigenvalue weighted by molar-refractivity contribution is 0.953. The van der Waals surface area contributed by atoms with Crippen LogP contribution in [0.5, 0.6) is 0 Å². The molecule has 0 fully saturated rings. The molecule has 0 aliphatic rings. The Balaban J connectivity index is 1.05. The zero-order valence-corrected chi connectivity index (χ0v) is 36.6. The van der Waals surface area contributed by atoms with Crippen molar-refractivity contribution in [3.8, 4) is 79.4 Å². The number of aromatic nitrogens is 7. The molecule has 0 saturated carbocycles. The summed E-state index contributed by atoms with van der Waals surface area (Å²) in [6.45, 7) is 0. The van der Waals surface area contributed by atoms with Crippen molar-refractivity contribution in [2.24, 2.45) is 0 Å². The van der Waals surface area contributed by atoms with Gasteiger partial charge in [0.25, 0.3) is 0 Å². The van der Waals surface area contributed by atoms with Crippen molar-refractivity contribution in [3.63, 3.8) is 0 Å². The predicted octanol–water partition coefficient (Wildman–Crippen LogP) is 14.9. The minimum Gasteiger partial charge on any atom is -0.307 e. The lowest BCUT2D eigenvalue weighted by Gasteiger charge is -2.14. The number of rotatable bonds is 8. The molecule has 0 amide bonds. The highest BCUT2D eigenvalue weighted by molar-refractivity contribution is 6.23. The van der Waals surface area contributed by atoms with Crippen molar-refractivity contribution in [1.82, 2.24) is 34.1 Å².